The van der Waals surface area contributed by atoms with E-state index in [0.29, 0.717) is 21.7 Å². The molecule has 0 radical (unpaired) electrons. The first kappa shape index (κ1) is 19.0. The van der Waals surface area contributed by atoms with Crippen LogP contribution in [0, 0.1) is 21.7 Å². The Morgan fingerprint density at radius 3 is 0.895 bits per heavy atom. The van der Waals surface area contributed by atoms with E-state index in [0.717, 1.165) is 0 Å². The van der Waals surface area contributed by atoms with E-state index in [1.807, 2.05) is 0 Å². The molecule has 1 aliphatic carbocycles. The minimum absolute atomic E-state index is 0.484. The first-order chi connectivity index (χ1) is 8.12. The van der Waals surface area contributed by atoms with Crippen molar-refractivity contribution in [3.8, 4) is 0 Å². The first-order valence-electron chi connectivity index (χ1n) is 8.12. The summed E-state index contributed by atoms with van der Waals surface area (Å²) in [6.45, 7) is 23.3. The topological polar surface area (TPSA) is 0 Å². The Hall–Kier alpha value is 0. The SMILES string of the molecule is CC(C)(C)CC(C)(C)C.CC1(C)CCC(C)(C)CC1. The van der Waals surface area contributed by atoms with Gasteiger partial charge in [-0.3, -0.25) is 0 Å². The molecule has 0 bridgehead atoms. The maximum atomic E-state index is 2.39. The predicted molar refractivity (Wildman–Crippen MR) is 89.6 cm³/mol. The van der Waals surface area contributed by atoms with Gasteiger partial charge in [0.25, 0.3) is 0 Å². The molecule has 0 heterocycles. The molecule has 0 aromatic rings. The lowest BCUT2D eigenvalue weighted by atomic mass is 9.67. The lowest BCUT2D eigenvalue weighted by molar-refractivity contribution is 0.133. The van der Waals surface area contributed by atoms with Gasteiger partial charge in [0.05, 0.1) is 0 Å². The second-order valence-corrected chi connectivity index (χ2v) is 10.6. The third-order valence-electron chi connectivity index (χ3n) is 4.02. The van der Waals surface area contributed by atoms with E-state index < -0.39 is 0 Å². The fourth-order valence-electron chi connectivity index (χ4n) is 3.19. The van der Waals surface area contributed by atoms with Crippen molar-refractivity contribution in [2.45, 2.75) is 101 Å². The fraction of sp³-hybridized carbons (Fsp3) is 1.00. The smallest absolute Gasteiger partial charge is 0.0354 e. The zero-order chi connectivity index (χ0) is 15.5. The van der Waals surface area contributed by atoms with Gasteiger partial charge in [-0.25, -0.2) is 0 Å². The Bertz CT molecular complexity index is 215. The molecule has 0 amide bonds. The first-order valence-corrected chi connectivity index (χ1v) is 8.12. The zero-order valence-corrected chi connectivity index (χ0v) is 15.5. The van der Waals surface area contributed by atoms with Gasteiger partial charge in [0, 0.05) is 0 Å². The Kier molecular flexibility index (Phi) is 6.19. The highest BCUT2D eigenvalue weighted by molar-refractivity contribution is 4.82. The molecule has 0 spiro atoms. The Labute approximate surface area is 123 Å². The fourth-order valence-corrected chi connectivity index (χ4v) is 3.19. The third-order valence-corrected chi connectivity index (χ3v) is 4.02. The van der Waals surface area contributed by atoms with Crippen molar-refractivity contribution in [3.05, 3.63) is 0 Å². The predicted octanol–water partition coefficient (Wildman–Crippen LogP) is 7.08. The van der Waals surface area contributed by atoms with Crippen LogP contribution in [-0.4, -0.2) is 0 Å². The monoisotopic (exact) mass is 268 g/mol. The highest BCUT2D eigenvalue weighted by Gasteiger charge is 2.30. The van der Waals surface area contributed by atoms with Gasteiger partial charge in [0.2, 0.25) is 0 Å². The quantitative estimate of drug-likeness (QED) is 0.440. The van der Waals surface area contributed by atoms with Crippen LogP contribution in [0.15, 0.2) is 0 Å². The summed E-state index contributed by atoms with van der Waals surface area (Å²) in [5.74, 6) is 0. The molecular formula is C19H40. The van der Waals surface area contributed by atoms with Gasteiger partial charge in [0.1, 0.15) is 0 Å². The van der Waals surface area contributed by atoms with Crippen LogP contribution in [0.3, 0.4) is 0 Å². The van der Waals surface area contributed by atoms with E-state index in [1.165, 1.54) is 32.1 Å². The summed E-state index contributed by atoms with van der Waals surface area (Å²) in [6, 6.07) is 0. The van der Waals surface area contributed by atoms with Crippen LogP contribution in [0.1, 0.15) is 101 Å². The second-order valence-electron chi connectivity index (χ2n) is 10.6. The summed E-state index contributed by atoms with van der Waals surface area (Å²) in [5, 5.41) is 0. The largest absolute Gasteiger partial charge is 0.0602 e. The van der Waals surface area contributed by atoms with E-state index in [1.54, 1.807) is 0 Å². The maximum absolute atomic E-state index is 2.39. The summed E-state index contributed by atoms with van der Waals surface area (Å²) in [7, 11) is 0. The average molecular weight is 269 g/mol. The van der Waals surface area contributed by atoms with Gasteiger partial charge in [-0.1, -0.05) is 69.2 Å². The Morgan fingerprint density at radius 2 is 0.789 bits per heavy atom. The lowest BCUT2D eigenvalue weighted by Crippen LogP contribution is -2.26. The molecule has 0 atom stereocenters. The summed E-state index contributed by atoms with van der Waals surface area (Å²) < 4.78 is 0. The van der Waals surface area contributed by atoms with Gasteiger partial charge in [-0.15, -0.1) is 0 Å². The Balaban J connectivity index is 0.000000344. The van der Waals surface area contributed by atoms with Crippen molar-refractivity contribution in [3.63, 3.8) is 0 Å². The van der Waals surface area contributed by atoms with Gasteiger partial charge in [0.15, 0.2) is 0 Å². The highest BCUT2D eigenvalue weighted by atomic mass is 14.4. The molecule has 0 aromatic carbocycles. The summed E-state index contributed by atoms with van der Waals surface area (Å²) >= 11 is 0. The molecule has 0 heteroatoms. The minimum atomic E-state index is 0.484. The van der Waals surface area contributed by atoms with Gasteiger partial charge in [-0.05, 0) is 53.8 Å². The van der Waals surface area contributed by atoms with Crippen molar-refractivity contribution in [1.82, 2.24) is 0 Å². The molecule has 0 unspecified atom stereocenters. The molecule has 19 heavy (non-hydrogen) atoms. The van der Waals surface area contributed by atoms with Crippen LogP contribution >= 0.6 is 0 Å². The average Bonchev–Trinajstić information content (AvgIpc) is 2.06. The van der Waals surface area contributed by atoms with E-state index >= 15 is 0 Å². The maximum Gasteiger partial charge on any atom is -0.0354 e. The van der Waals surface area contributed by atoms with Crippen LogP contribution in [-0.2, 0) is 0 Å². The molecule has 0 nitrogen and oxygen atoms in total. The Morgan fingerprint density at radius 1 is 0.579 bits per heavy atom. The second kappa shape index (κ2) is 6.19. The summed E-state index contributed by atoms with van der Waals surface area (Å²) in [4.78, 5) is 0. The molecule has 0 aromatic heterocycles. The van der Waals surface area contributed by atoms with Crippen molar-refractivity contribution in [1.29, 1.82) is 0 Å². The van der Waals surface area contributed by atoms with E-state index in [9.17, 15) is 0 Å². The van der Waals surface area contributed by atoms with Crippen LogP contribution in [0.2, 0.25) is 0 Å². The molecule has 1 saturated carbocycles. The normalized spacial score (nSPS) is 22.4. The van der Waals surface area contributed by atoms with Gasteiger partial charge >= 0.3 is 0 Å². The summed E-state index contributed by atoms with van der Waals surface area (Å²) in [5.41, 5.74) is 2.24. The zero-order valence-electron chi connectivity index (χ0n) is 15.5. The lowest BCUT2D eigenvalue weighted by Gasteiger charge is -2.39. The van der Waals surface area contributed by atoms with Crippen molar-refractivity contribution < 1.29 is 0 Å². The van der Waals surface area contributed by atoms with Gasteiger partial charge < -0.3 is 0 Å². The van der Waals surface area contributed by atoms with Crippen LogP contribution in [0.5, 0.6) is 0 Å². The third kappa shape index (κ3) is 11.5. The van der Waals surface area contributed by atoms with E-state index in [-0.39, 0.29) is 0 Å². The van der Waals surface area contributed by atoms with Crippen LogP contribution in [0.25, 0.3) is 0 Å². The molecule has 1 rings (SSSR count). The van der Waals surface area contributed by atoms with E-state index in [2.05, 4.69) is 69.2 Å². The summed E-state index contributed by atoms with van der Waals surface area (Å²) in [6.07, 6.45) is 6.96. The van der Waals surface area contributed by atoms with Gasteiger partial charge in [-0.2, -0.15) is 0 Å². The van der Waals surface area contributed by atoms with Crippen molar-refractivity contribution >= 4 is 0 Å². The molecule has 116 valence electrons. The highest BCUT2D eigenvalue weighted by Crippen LogP contribution is 2.44. The number of hydrogen-bond donors (Lipinski definition) is 0. The number of rotatable bonds is 0. The van der Waals surface area contributed by atoms with Crippen molar-refractivity contribution in [2.24, 2.45) is 21.7 Å². The van der Waals surface area contributed by atoms with Crippen molar-refractivity contribution in [2.75, 3.05) is 0 Å². The number of hydrogen-bond acceptors (Lipinski definition) is 0. The molecular weight excluding hydrogens is 228 g/mol. The molecule has 0 N–H and O–H groups in total. The minimum Gasteiger partial charge on any atom is -0.0602 e. The molecule has 0 aliphatic heterocycles. The molecule has 1 aliphatic rings. The van der Waals surface area contributed by atoms with Crippen LogP contribution in [0.4, 0.5) is 0 Å². The standard InChI is InChI=1S/C10H20.C9H20/c1-9(2)5-7-10(3,4)8-6-9;1-8(2,3)7-9(4,5)6/h5-8H2,1-4H3;7H2,1-6H3. The molecule has 1 fully saturated rings. The van der Waals surface area contributed by atoms with E-state index in [4.69, 9.17) is 0 Å². The van der Waals surface area contributed by atoms with Crippen LogP contribution < -0.4 is 0 Å². The molecule has 0 saturated heterocycles.